The van der Waals surface area contributed by atoms with E-state index < -0.39 is 11.8 Å². The van der Waals surface area contributed by atoms with Crippen LogP contribution in [0.25, 0.3) is 0 Å². The number of hydroxylamine groups is 1. The van der Waals surface area contributed by atoms with Gasteiger partial charge in [0.2, 0.25) is 0 Å². The van der Waals surface area contributed by atoms with E-state index in [1.165, 1.54) is 18.5 Å². The Morgan fingerprint density at radius 2 is 2.33 bits per heavy atom. The van der Waals surface area contributed by atoms with Crippen LogP contribution >= 0.6 is 11.8 Å². The smallest absolute Gasteiger partial charge is 0.271 e. The molecule has 6 nitrogen and oxygen atoms in total. The number of thioether (sulfide) groups is 1. The van der Waals surface area contributed by atoms with Crippen LogP contribution in [-0.2, 0) is 4.79 Å². The molecule has 98 valence electrons. The number of nitrogens with zero attached hydrogens (tertiary/aromatic N) is 2. The SMILES string of the molecule is CSCCCC(=O)N(O)NC(=O)c1cccnc1. The predicted octanol–water partition coefficient (Wildman–Crippen LogP) is 1.09. The van der Waals surface area contributed by atoms with Gasteiger partial charge in [0, 0.05) is 18.8 Å². The number of rotatable bonds is 5. The summed E-state index contributed by atoms with van der Waals surface area (Å²) in [6.45, 7) is 0. The third-order valence-corrected chi connectivity index (χ3v) is 2.80. The van der Waals surface area contributed by atoms with Gasteiger partial charge in [-0.05, 0) is 30.6 Å². The first-order valence-electron chi connectivity index (χ1n) is 5.37. The Balaban J connectivity index is 2.42. The lowest BCUT2D eigenvalue weighted by atomic mass is 10.3. The number of carbonyl (C=O) groups is 2. The fraction of sp³-hybridized carbons (Fsp3) is 0.364. The van der Waals surface area contributed by atoms with Crippen LogP contribution in [0.4, 0.5) is 0 Å². The largest absolute Gasteiger partial charge is 0.273 e. The molecule has 0 bridgehead atoms. The monoisotopic (exact) mass is 269 g/mol. The van der Waals surface area contributed by atoms with Gasteiger partial charge in [-0.1, -0.05) is 0 Å². The minimum absolute atomic E-state index is 0.185. The van der Waals surface area contributed by atoms with Crippen molar-refractivity contribution in [2.24, 2.45) is 0 Å². The number of hydrogen-bond donors (Lipinski definition) is 2. The number of carbonyl (C=O) groups excluding carboxylic acids is 2. The predicted molar refractivity (Wildman–Crippen MR) is 68.0 cm³/mol. The molecule has 0 aromatic carbocycles. The molecule has 1 aromatic rings. The van der Waals surface area contributed by atoms with Crippen molar-refractivity contribution in [1.29, 1.82) is 0 Å². The summed E-state index contributed by atoms with van der Waals surface area (Å²) in [7, 11) is 0. The summed E-state index contributed by atoms with van der Waals surface area (Å²) in [5.41, 5.74) is 2.35. The zero-order chi connectivity index (χ0) is 13.4. The Hall–Kier alpha value is -1.60. The van der Waals surface area contributed by atoms with Crippen molar-refractivity contribution in [3.8, 4) is 0 Å². The average Bonchev–Trinajstić information content (AvgIpc) is 2.39. The van der Waals surface area contributed by atoms with E-state index >= 15 is 0 Å². The van der Waals surface area contributed by atoms with Gasteiger partial charge in [0.25, 0.3) is 11.8 Å². The van der Waals surface area contributed by atoms with Crippen LogP contribution in [0.1, 0.15) is 23.2 Å². The number of pyridine rings is 1. The maximum atomic E-state index is 11.6. The Bertz CT molecular complexity index is 400. The van der Waals surface area contributed by atoms with E-state index in [1.54, 1.807) is 17.8 Å². The number of nitrogens with one attached hydrogen (secondary N) is 1. The van der Waals surface area contributed by atoms with Gasteiger partial charge in [0.15, 0.2) is 0 Å². The van der Waals surface area contributed by atoms with Crippen molar-refractivity contribution in [1.82, 2.24) is 15.6 Å². The number of amides is 2. The molecule has 18 heavy (non-hydrogen) atoms. The van der Waals surface area contributed by atoms with Gasteiger partial charge < -0.3 is 0 Å². The van der Waals surface area contributed by atoms with Crippen molar-refractivity contribution < 1.29 is 14.8 Å². The highest BCUT2D eigenvalue weighted by Gasteiger charge is 2.14. The topological polar surface area (TPSA) is 82.5 Å². The third kappa shape index (κ3) is 4.72. The van der Waals surface area contributed by atoms with Gasteiger partial charge in [-0.25, -0.2) is 5.43 Å². The molecular weight excluding hydrogens is 254 g/mol. The fourth-order valence-electron chi connectivity index (χ4n) is 1.19. The first-order valence-corrected chi connectivity index (χ1v) is 6.76. The molecule has 1 aromatic heterocycles. The first-order chi connectivity index (χ1) is 8.65. The van der Waals surface area contributed by atoms with E-state index in [2.05, 4.69) is 10.4 Å². The van der Waals surface area contributed by atoms with Crippen molar-refractivity contribution in [2.45, 2.75) is 12.8 Å². The quantitative estimate of drug-likeness (QED) is 0.475. The van der Waals surface area contributed by atoms with Gasteiger partial charge in [0.1, 0.15) is 0 Å². The van der Waals surface area contributed by atoms with E-state index in [0.29, 0.717) is 6.42 Å². The van der Waals surface area contributed by atoms with Crippen molar-refractivity contribution in [2.75, 3.05) is 12.0 Å². The lowest BCUT2D eigenvalue weighted by molar-refractivity contribution is -0.175. The summed E-state index contributed by atoms with van der Waals surface area (Å²) in [6.07, 6.45) is 5.65. The summed E-state index contributed by atoms with van der Waals surface area (Å²) >= 11 is 1.62. The van der Waals surface area contributed by atoms with Crippen LogP contribution in [0.15, 0.2) is 24.5 Å². The summed E-state index contributed by atoms with van der Waals surface area (Å²) in [4.78, 5) is 26.8. The lowest BCUT2D eigenvalue weighted by Gasteiger charge is -2.15. The molecule has 1 rings (SSSR count). The van der Waals surface area contributed by atoms with E-state index in [0.717, 1.165) is 5.75 Å². The Morgan fingerprint density at radius 1 is 1.56 bits per heavy atom. The molecule has 0 unspecified atom stereocenters. The van der Waals surface area contributed by atoms with E-state index in [4.69, 9.17) is 0 Å². The average molecular weight is 269 g/mol. The van der Waals surface area contributed by atoms with E-state index in [-0.39, 0.29) is 17.2 Å². The Kier molecular flexibility index (Phi) is 6.16. The summed E-state index contributed by atoms with van der Waals surface area (Å²) in [6, 6.07) is 3.13. The molecule has 0 aliphatic rings. The molecule has 0 saturated carbocycles. The zero-order valence-corrected chi connectivity index (χ0v) is 10.8. The van der Waals surface area contributed by atoms with Crippen LogP contribution in [0.2, 0.25) is 0 Å². The molecule has 0 fully saturated rings. The highest BCUT2D eigenvalue weighted by molar-refractivity contribution is 7.98. The highest BCUT2D eigenvalue weighted by atomic mass is 32.2. The van der Waals surface area contributed by atoms with Gasteiger partial charge in [-0.2, -0.15) is 11.8 Å². The molecule has 0 atom stereocenters. The maximum Gasteiger partial charge on any atom is 0.273 e. The summed E-state index contributed by atoms with van der Waals surface area (Å²) in [5, 5.41) is 9.61. The second-order valence-electron chi connectivity index (χ2n) is 3.48. The van der Waals surface area contributed by atoms with Gasteiger partial charge in [-0.3, -0.25) is 19.8 Å². The summed E-state index contributed by atoms with van der Waals surface area (Å²) in [5.74, 6) is -0.291. The zero-order valence-electron chi connectivity index (χ0n) is 10.00. The third-order valence-electron chi connectivity index (χ3n) is 2.11. The maximum absolute atomic E-state index is 11.6. The lowest BCUT2D eigenvalue weighted by Crippen LogP contribution is -2.43. The second-order valence-corrected chi connectivity index (χ2v) is 4.47. The van der Waals surface area contributed by atoms with Crippen molar-refractivity contribution in [3.05, 3.63) is 30.1 Å². The molecule has 1 heterocycles. The fourth-order valence-corrected chi connectivity index (χ4v) is 1.63. The second kappa shape index (κ2) is 7.67. The molecular formula is C11H15N3O3S. The highest BCUT2D eigenvalue weighted by Crippen LogP contribution is 2.01. The van der Waals surface area contributed by atoms with Crippen LogP contribution in [0.3, 0.4) is 0 Å². The Morgan fingerprint density at radius 3 is 2.94 bits per heavy atom. The number of hydrogen-bond acceptors (Lipinski definition) is 5. The molecule has 0 spiro atoms. The Labute approximate surface area is 109 Å². The minimum atomic E-state index is -0.580. The van der Waals surface area contributed by atoms with Crippen molar-refractivity contribution in [3.63, 3.8) is 0 Å². The van der Waals surface area contributed by atoms with Gasteiger partial charge in [0.05, 0.1) is 5.56 Å². The normalized spacial score (nSPS) is 9.89. The molecule has 0 radical (unpaired) electrons. The molecule has 2 amide bonds. The van der Waals surface area contributed by atoms with E-state index in [1.807, 2.05) is 6.26 Å². The van der Waals surface area contributed by atoms with Gasteiger partial charge in [-0.15, -0.1) is 5.17 Å². The molecule has 0 aliphatic carbocycles. The molecule has 2 N–H and O–H groups in total. The molecule has 0 saturated heterocycles. The van der Waals surface area contributed by atoms with E-state index in [9.17, 15) is 14.8 Å². The van der Waals surface area contributed by atoms with Crippen molar-refractivity contribution >= 4 is 23.6 Å². The van der Waals surface area contributed by atoms with Crippen LogP contribution in [-0.4, -0.2) is 39.2 Å². The van der Waals surface area contributed by atoms with Crippen LogP contribution in [0.5, 0.6) is 0 Å². The number of aromatic nitrogens is 1. The first kappa shape index (κ1) is 14.5. The molecule has 0 aliphatic heterocycles. The minimum Gasteiger partial charge on any atom is -0.271 e. The molecule has 7 heteroatoms. The van der Waals surface area contributed by atoms with Crippen LogP contribution < -0.4 is 5.43 Å². The summed E-state index contributed by atoms with van der Waals surface area (Å²) < 4.78 is 0. The number of hydrazine groups is 1. The van der Waals surface area contributed by atoms with Crippen LogP contribution in [0, 0.1) is 0 Å². The van der Waals surface area contributed by atoms with Gasteiger partial charge >= 0.3 is 0 Å². The standard InChI is InChI=1S/C11H15N3O3S/c1-18-7-3-5-10(15)14(17)13-11(16)9-4-2-6-12-8-9/h2,4,6,8,17H,3,5,7H2,1H3,(H,13,16).